The first-order valence-electron chi connectivity index (χ1n) is 5.35. The molecule has 2 rings (SSSR count). The number of hydrogen-bond acceptors (Lipinski definition) is 1. The molecule has 1 nitrogen and oxygen atoms in total. The van der Waals surface area contributed by atoms with Gasteiger partial charge in [-0.25, -0.2) is 0 Å². The van der Waals surface area contributed by atoms with Gasteiger partial charge in [-0.3, -0.25) is 0 Å². The van der Waals surface area contributed by atoms with Gasteiger partial charge in [-0.05, 0) is 43.4 Å². The largest absolute Gasteiger partial charge is 0.378 e. The molecule has 12 heavy (non-hydrogen) atoms. The molecule has 1 saturated heterocycles. The molecule has 1 aliphatic carbocycles. The summed E-state index contributed by atoms with van der Waals surface area (Å²) in [4.78, 5) is 0. The summed E-state index contributed by atoms with van der Waals surface area (Å²) in [7, 11) is 0. The van der Waals surface area contributed by atoms with Crippen LogP contribution in [0.4, 0.5) is 0 Å². The minimum absolute atomic E-state index is 0.632. The number of rotatable bonds is 2. The second kappa shape index (κ2) is 3.37. The van der Waals surface area contributed by atoms with Gasteiger partial charge in [0, 0.05) is 6.61 Å². The van der Waals surface area contributed by atoms with Crippen LogP contribution in [0.25, 0.3) is 0 Å². The molecule has 0 aromatic rings. The molecule has 0 spiro atoms. The van der Waals surface area contributed by atoms with Crippen molar-refractivity contribution < 1.29 is 4.74 Å². The van der Waals surface area contributed by atoms with E-state index in [9.17, 15) is 0 Å². The highest BCUT2D eigenvalue weighted by Crippen LogP contribution is 2.39. The van der Waals surface area contributed by atoms with Gasteiger partial charge < -0.3 is 4.74 Å². The fourth-order valence-electron chi connectivity index (χ4n) is 2.91. The summed E-state index contributed by atoms with van der Waals surface area (Å²) in [6, 6.07) is 0. The van der Waals surface area contributed by atoms with Crippen LogP contribution in [0.2, 0.25) is 0 Å². The van der Waals surface area contributed by atoms with Crippen molar-refractivity contribution in [2.45, 2.75) is 45.6 Å². The maximum atomic E-state index is 5.69. The van der Waals surface area contributed by atoms with Crippen molar-refractivity contribution in [3.63, 3.8) is 0 Å². The molecular weight excluding hydrogens is 148 g/mol. The number of ether oxygens (including phenoxy) is 1. The molecule has 2 fully saturated rings. The summed E-state index contributed by atoms with van der Waals surface area (Å²) in [5.41, 5.74) is 0. The fraction of sp³-hybridized carbons (Fsp3) is 1.00. The van der Waals surface area contributed by atoms with Crippen molar-refractivity contribution >= 4 is 0 Å². The smallest absolute Gasteiger partial charge is 0.0581 e. The lowest BCUT2D eigenvalue weighted by Crippen LogP contribution is -2.21. The molecular formula is C11H20O. The Morgan fingerprint density at radius 3 is 2.75 bits per heavy atom. The van der Waals surface area contributed by atoms with Crippen molar-refractivity contribution in [1.82, 2.24) is 0 Å². The minimum atomic E-state index is 0.632. The van der Waals surface area contributed by atoms with Gasteiger partial charge >= 0.3 is 0 Å². The van der Waals surface area contributed by atoms with Crippen LogP contribution >= 0.6 is 0 Å². The maximum absolute atomic E-state index is 5.69. The monoisotopic (exact) mass is 168 g/mol. The maximum Gasteiger partial charge on any atom is 0.0581 e. The van der Waals surface area contributed by atoms with E-state index in [1.165, 1.54) is 25.7 Å². The Morgan fingerprint density at radius 2 is 2.08 bits per heavy atom. The van der Waals surface area contributed by atoms with E-state index in [0.29, 0.717) is 6.10 Å². The third-order valence-electron chi connectivity index (χ3n) is 3.23. The van der Waals surface area contributed by atoms with Gasteiger partial charge in [-0.2, -0.15) is 0 Å². The zero-order valence-electron chi connectivity index (χ0n) is 8.25. The number of fused-ring (bicyclic) bond motifs is 2. The Balaban J connectivity index is 1.85. The summed E-state index contributed by atoms with van der Waals surface area (Å²) >= 11 is 0. The second-order valence-corrected chi connectivity index (χ2v) is 5.02. The van der Waals surface area contributed by atoms with Crippen LogP contribution in [-0.2, 0) is 4.74 Å². The average molecular weight is 168 g/mol. The van der Waals surface area contributed by atoms with Crippen molar-refractivity contribution in [2.75, 3.05) is 6.61 Å². The molecule has 2 bridgehead atoms. The van der Waals surface area contributed by atoms with Crippen LogP contribution in [0.15, 0.2) is 0 Å². The molecule has 1 heterocycles. The predicted octanol–water partition coefficient (Wildman–Crippen LogP) is 2.85. The Kier molecular flexibility index (Phi) is 2.40. The average Bonchev–Trinajstić information content (AvgIpc) is 2.29. The zero-order chi connectivity index (χ0) is 8.55. The molecule has 0 radical (unpaired) electrons. The van der Waals surface area contributed by atoms with Crippen LogP contribution in [-0.4, -0.2) is 12.7 Å². The lowest BCUT2D eigenvalue weighted by molar-refractivity contribution is 0.0941. The van der Waals surface area contributed by atoms with Crippen LogP contribution in [0.5, 0.6) is 0 Å². The molecule has 0 aromatic carbocycles. The molecule has 0 aromatic heterocycles. The van der Waals surface area contributed by atoms with Gasteiger partial charge in [0.25, 0.3) is 0 Å². The van der Waals surface area contributed by atoms with Crippen LogP contribution in [0.1, 0.15) is 39.5 Å². The molecule has 70 valence electrons. The van der Waals surface area contributed by atoms with E-state index in [1.54, 1.807) is 0 Å². The molecule has 3 unspecified atom stereocenters. The molecule has 2 aliphatic rings. The van der Waals surface area contributed by atoms with Crippen molar-refractivity contribution in [2.24, 2.45) is 17.8 Å². The minimum Gasteiger partial charge on any atom is -0.378 e. The molecule has 3 atom stereocenters. The Bertz CT molecular complexity index is 141. The Hall–Kier alpha value is -0.0400. The molecule has 1 aliphatic heterocycles. The summed E-state index contributed by atoms with van der Waals surface area (Å²) in [5, 5.41) is 0. The summed E-state index contributed by atoms with van der Waals surface area (Å²) in [6.07, 6.45) is 6.18. The van der Waals surface area contributed by atoms with Crippen molar-refractivity contribution in [3.8, 4) is 0 Å². The van der Waals surface area contributed by atoms with Crippen molar-refractivity contribution in [1.29, 1.82) is 0 Å². The first kappa shape index (κ1) is 8.55. The van der Waals surface area contributed by atoms with Crippen LogP contribution in [0, 0.1) is 17.8 Å². The first-order valence-corrected chi connectivity index (χ1v) is 5.35. The van der Waals surface area contributed by atoms with Gasteiger partial charge in [0.2, 0.25) is 0 Å². The van der Waals surface area contributed by atoms with Gasteiger partial charge in [-0.1, -0.05) is 13.8 Å². The van der Waals surface area contributed by atoms with Gasteiger partial charge in [0.1, 0.15) is 0 Å². The lowest BCUT2D eigenvalue weighted by Gasteiger charge is -2.27. The Morgan fingerprint density at radius 1 is 1.25 bits per heavy atom. The normalized spacial score (nSPS) is 40.8. The Labute approximate surface area is 75.5 Å². The van der Waals surface area contributed by atoms with Gasteiger partial charge in [-0.15, -0.1) is 0 Å². The standard InChI is InChI=1S/C11H20O/c1-8(2)3-9-4-10-6-11(5-9)12-7-10/h8-11H,3-7H2,1-2H3. The number of hydrogen-bond donors (Lipinski definition) is 0. The lowest BCUT2D eigenvalue weighted by atomic mass is 9.78. The topological polar surface area (TPSA) is 9.23 Å². The van der Waals surface area contributed by atoms with Crippen LogP contribution < -0.4 is 0 Å². The van der Waals surface area contributed by atoms with E-state index in [4.69, 9.17) is 4.74 Å². The SMILES string of the molecule is CC(C)CC1CC2COC(C2)C1. The van der Waals surface area contributed by atoms with E-state index in [1.807, 2.05) is 0 Å². The fourth-order valence-corrected chi connectivity index (χ4v) is 2.91. The third kappa shape index (κ3) is 1.82. The predicted molar refractivity (Wildman–Crippen MR) is 50.0 cm³/mol. The summed E-state index contributed by atoms with van der Waals surface area (Å²) in [6.45, 7) is 5.72. The third-order valence-corrected chi connectivity index (χ3v) is 3.23. The highest BCUT2D eigenvalue weighted by atomic mass is 16.5. The summed E-state index contributed by atoms with van der Waals surface area (Å²) < 4.78 is 5.69. The van der Waals surface area contributed by atoms with E-state index in [2.05, 4.69) is 13.8 Å². The highest BCUT2D eigenvalue weighted by Gasteiger charge is 2.34. The van der Waals surface area contributed by atoms with E-state index < -0.39 is 0 Å². The first-order chi connectivity index (χ1) is 5.74. The van der Waals surface area contributed by atoms with E-state index in [-0.39, 0.29) is 0 Å². The summed E-state index contributed by atoms with van der Waals surface area (Å²) in [5.74, 6) is 2.75. The van der Waals surface area contributed by atoms with Crippen molar-refractivity contribution in [3.05, 3.63) is 0 Å². The van der Waals surface area contributed by atoms with E-state index in [0.717, 1.165) is 24.4 Å². The second-order valence-electron chi connectivity index (χ2n) is 5.02. The van der Waals surface area contributed by atoms with Gasteiger partial charge in [0.05, 0.1) is 6.10 Å². The van der Waals surface area contributed by atoms with Gasteiger partial charge in [0.15, 0.2) is 0 Å². The highest BCUT2D eigenvalue weighted by molar-refractivity contribution is 4.84. The molecule has 0 N–H and O–H groups in total. The van der Waals surface area contributed by atoms with E-state index >= 15 is 0 Å². The molecule has 1 saturated carbocycles. The quantitative estimate of drug-likeness (QED) is 0.616. The molecule has 0 amide bonds. The molecule has 1 heteroatoms. The van der Waals surface area contributed by atoms with Crippen LogP contribution in [0.3, 0.4) is 0 Å². The zero-order valence-corrected chi connectivity index (χ0v) is 8.25.